The SMILES string of the molecule is CCOC(=O)c1c(NC(=O)Cc2csc(-c3cccs3)n2)sc(C)c1C. The zero-order chi connectivity index (χ0) is 18.7. The topological polar surface area (TPSA) is 68.3 Å². The number of nitrogens with one attached hydrogen (secondary N) is 1. The summed E-state index contributed by atoms with van der Waals surface area (Å²) in [7, 11) is 0. The van der Waals surface area contributed by atoms with Crippen LogP contribution in [0.15, 0.2) is 22.9 Å². The molecule has 0 aromatic carbocycles. The summed E-state index contributed by atoms with van der Waals surface area (Å²) in [6, 6.07) is 3.99. The van der Waals surface area contributed by atoms with Gasteiger partial charge in [-0.1, -0.05) is 6.07 Å². The maximum Gasteiger partial charge on any atom is 0.341 e. The lowest BCUT2D eigenvalue weighted by Gasteiger charge is -2.06. The predicted octanol–water partition coefficient (Wildman–Crippen LogP) is 4.91. The van der Waals surface area contributed by atoms with Crippen molar-refractivity contribution < 1.29 is 14.3 Å². The second-order valence-electron chi connectivity index (χ2n) is 5.55. The number of thiazole rings is 1. The molecule has 0 saturated heterocycles. The molecule has 0 radical (unpaired) electrons. The summed E-state index contributed by atoms with van der Waals surface area (Å²) in [5.74, 6) is -0.599. The van der Waals surface area contributed by atoms with Crippen molar-refractivity contribution in [3.63, 3.8) is 0 Å². The molecular weight excluding hydrogens is 388 g/mol. The smallest absolute Gasteiger partial charge is 0.341 e. The van der Waals surface area contributed by atoms with Gasteiger partial charge in [0, 0.05) is 10.3 Å². The molecule has 0 saturated carbocycles. The standard InChI is InChI=1S/C18H18N2O3S3/c1-4-23-18(22)15-10(2)11(3)26-17(15)20-14(21)8-12-9-25-16(19-12)13-6-5-7-24-13/h5-7,9H,4,8H2,1-3H3,(H,20,21). The normalized spacial score (nSPS) is 10.7. The number of anilines is 1. The maximum atomic E-state index is 12.4. The summed E-state index contributed by atoms with van der Waals surface area (Å²) in [4.78, 5) is 31.2. The zero-order valence-electron chi connectivity index (χ0n) is 14.6. The highest BCUT2D eigenvalue weighted by Gasteiger charge is 2.22. The van der Waals surface area contributed by atoms with Gasteiger partial charge >= 0.3 is 5.97 Å². The molecule has 1 N–H and O–H groups in total. The lowest BCUT2D eigenvalue weighted by atomic mass is 10.1. The van der Waals surface area contributed by atoms with Crippen LogP contribution in [0.1, 0.15) is 33.4 Å². The maximum absolute atomic E-state index is 12.4. The largest absolute Gasteiger partial charge is 0.462 e. The summed E-state index contributed by atoms with van der Waals surface area (Å²) in [5.41, 5.74) is 2.01. The molecule has 0 spiro atoms. The predicted molar refractivity (Wildman–Crippen MR) is 108 cm³/mol. The lowest BCUT2D eigenvalue weighted by Crippen LogP contribution is -2.16. The van der Waals surface area contributed by atoms with Crippen molar-refractivity contribution in [1.29, 1.82) is 0 Å². The summed E-state index contributed by atoms with van der Waals surface area (Å²) in [6.45, 7) is 5.84. The molecule has 0 bridgehead atoms. The highest BCUT2D eigenvalue weighted by molar-refractivity contribution is 7.20. The number of hydrogen-bond donors (Lipinski definition) is 1. The monoisotopic (exact) mass is 406 g/mol. The van der Waals surface area contributed by atoms with Gasteiger partial charge in [0.2, 0.25) is 5.91 Å². The van der Waals surface area contributed by atoms with E-state index < -0.39 is 5.97 Å². The van der Waals surface area contributed by atoms with Gasteiger partial charge in [-0.05, 0) is 37.8 Å². The van der Waals surface area contributed by atoms with Gasteiger partial charge < -0.3 is 10.1 Å². The van der Waals surface area contributed by atoms with E-state index >= 15 is 0 Å². The molecule has 5 nitrogen and oxygen atoms in total. The van der Waals surface area contributed by atoms with Crippen molar-refractivity contribution in [2.45, 2.75) is 27.2 Å². The number of rotatable bonds is 6. The minimum atomic E-state index is -0.404. The van der Waals surface area contributed by atoms with Gasteiger partial charge in [-0.3, -0.25) is 4.79 Å². The van der Waals surface area contributed by atoms with Crippen LogP contribution in [0.3, 0.4) is 0 Å². The highest BCUT2D eigenvalue weighted by atomic mass is 32.1. The lowest BCUT2D eigenvalue weighted by molar-refractivity contribution is -0.115. The number of nitrogens with zero attached hydrogens (tertiary/aromatic N) is 1. The van der Waals surface area contributed by atoms with Gasteiger partial charge in [0.05, 0.1) is 29.2 Å². The summed E-state index contributed by atoms with van der Waals surface area (Å²) < 4.78 is 5.11. The first-order chi connectivity index (χ1) is 12.5. The highest BCUT2D eigenvalue weighted by Crippen LogP contribution is 2.33. The number of carbonyl (C=O) groups is 2. The summed E-state index contributed by atoms with van der Waals surface area (Å²) in [6.07, 6.45) is 0.167. The van der Waals surface area contributed by atoms with E-state index in [2.05, 4.69) is 10.3 Å². The van der Waals surface area contributed by atoms with Gasteiger partial charge in [-0.15, -0.1) is 34.0 Å². The Morgan fingerprint density at radius 3 is 2.77 bits per heavy atom. The molecule has 0 aliphatic carbocycles. The van der Waals surface area contributed by atoms with Crippen molar-refractivity contribution in [3.05, 3.63) is 44.6 Å². The van der Waals surface area contributed by atoms with Crippen LogP contribution in [0.4, 0.5) is 5.00 Å². The molecule has 3 heterocycles. The fraction of sp³-hybridized carbons (Fsp3) is 0.278. The molecule has 0 aliphatic heterocycles. The molecule has 0 unspecified atom stereocenters. The average molecular weight is 407 g/mol. The van der Waals surface area contributed by atoms with Crippen LogP contribution in [0.5, 0.6) is 0 Å². The van der Waals surface area contributed by atoms with E-state index in [1.807, 2.05) is 36.7 Å². The van der Waals surface area contributed by atoms with Crippen molar-refractivity contribution in [2.75, 3.05) is 11.9 Å². The molecular formula is C18H18N2O3S3. The fourth-order valence-corrected chi connectivity index (χ4v) is 5.10. The van der Waals surface area contributed by atoms with Crippen LogP contribution >= 0.6 is 34.0 Å². The molecule has 26 heavy (non-hydrogen) atoms. The van der Waals surface area contributed by atoms with E-state index in [0.29, 0.717) is 17.2 Å². The number of amides is 1. The third kappa shape index (κ3) is 4.03. The first-order valence-corrected chi connectivity index (χ1v) is 10.6. The minimum Gasteiger partial charge on any atom is -0.462 e. The third-order valence-corrected chi connectivity index (χ3v) is 6.80. The molecule has 0 fully saturated rings. The second kappa shape index (κ2) is 8.11. The van der Waals surface area contributed by atoms with Gasteiger partial charge in [-0.2, -0.15) is 0 Å². The van der Waals surface area contributed by atoms with E-state index in [9.17, 15) is 9.59 Å². The van der Waals surface area contributed by atoms with E-state index in [1.165, 1.54) is 22.7 Å². The Kier molecular flexibility index (Phi) is 5.85. The Labute approximate surface area is 163 Å². The Balaban J connectivity index is 1.73. The quantitative estimate of drug-likeness (QED) is 0.591. The minimum absolute atomic E-state index is 0.167. The van der Waals surface area contributed by atoms with Crippen molar-refractivity contribution in [1.82, 2.24) is 4.98 Å². The number of ether oxygens (including phenoxy) is 1. The molecule has 3 aromatic heterocycles. The molecule has 3 rings (SSSR count). The Morgan fingerprint density at radius 2 is 2.08 bits per heavy atom. The van der Waals surface area contributed by atoms with E-state index in [1.54, 1.807) is 18.3 Å². The van der Waals surface area contributed by atoms with Crippen LogP contribution in [0, 0.1) is 13.8 Å². The zero-order valence-corrected chi connectivity index (χ0v) is 17.1. The van der Waals surface area contributed by atoms with Gasteiger partial charge in [0.15, 0.2) is 0 Å². The van der Waals surface area contributed by atoms with E-state index in [0.717, 1.165) is 26.0 Å². The van der Waals surface area contributed by atoms with Gasteiger partial charge in [0.25, 0.3) is 0 Å². The number of hydrogen-bond acceptors (Lipinski definition) is 7. The van der Waals surface area contributed by atoms with Crippen LogP contribution < -0.4 is 5.32 Å². The number of thiophene rings is 2. The number of aryl methyl sites for hydroxylation is 1. The molecule has 0 aliphatic rings. The van der Waals surface area contributed by atoms with Crippen LogP contribution in [0.25, 0.3) is 9.88 Å². The molecule has 0 atom stereocenters. The molecule has 3 aromatic rings. The summed E-state index contributed by atoms with van der Waals surface area (Å²) in [5, 5.41) is 8.20. The molecule has 8 heteroatoms. The first-order valence-electron chi connectivity index (χ1n) is 8.04. The van der Waals surface area contributed by atoms with Crippen molar-refractivity contribution in [2.24, 2.45) is 0 Å². The Morgan fingerprint density at radius 1 is 1.27 bits per heavy atom. The average Bonchev–Trinajstić information content (AvgIpc) is 3.30. The van der Waals surface area contributed by atoms with Crippen LogP contribution in [0.2, 0.25) is 0 Å². The second-order valence-corrected chi connectivity index (χ2v) is 8.58. The van der Waals surface area contributed by atoms with Crippen LogP contribution in [-0.4, -0.2) is 23.5 Å². The van der Waals surface area contributed by atoms with E-state index in [-0.39, 0.29) is 12.3 Å². The van der Waals surface area contributed by atoms with Crippen molar-refractivity contribution in [3.8, 4) is 9.88 Å². The third-order valence-electron chi connectivity index (χ3n) is 3.74. The van der Waals surface area contributed by atoms with Crippen molar-refractivity contribution >= 4 is 50.9 Å². The summed E-state index contributed by atoms with van der Waals surface area (Å²) >= 11 is 4.54. The molecule has 1 amide bonds. The number of aromatic nitrogens is 1. The van der Waals surface area contributed by atoms with Gasteiger partial charge in [0.1, 0.15) is 10.0 Å². The Bertz CT molecular complexity index is 926. The number of esters is 1. The number of carbonyl (C=O) groups excluding carboxylic acids is 2. The van der Waals surface area contributed by atoms with Gasteiger partial charge in [-0.25, -0.2) is 9.78 Å². The van der Waals surface area contributed by atoms with Crippen LogP contribution in [-0.2, 0) is 16.0 Å². The fourth-order valence-electron chi connectivity index (χ4n) is 2.40. The Hall–Kier alpha value is -2.03. The molecule has 136 valence electrons. The van der Waals surface area contributed by atoms with E-state index in [4.69, 9.17) is 4.74 Å². The first kappa shape index (κ1) is 18.8.